The number of carbonyl (C=O) groups is 1. The van der Waals surface area contributed by atoms with Crippen LogP contribution in [0, 0.1) is 20.8 Å². The number of hydrogen-bond donors (Lipinski definition) is 1. The number of aryl methyl sites for hydroxylation is 3. The fourth-order valence-corrected chi connectivity index (χ4v) is 2.53. The van der Waals surface area contributed by atoms with Gasteiger partial charge in [-0.25, -0.2) is 0 Å². The summed E-state index contributed by atoms with van der Waals surface area (Å²) in [6.45, 7) is 6.08. The van der Waals surface area contributed by atoms with Gasteiger partial charge in [0.15, 0.2) is 0 Å². The van der Waals surface area contributed by atoms with E-state index in [0.717, 1.165) is 16.7 Å². The van der Waals surface area contributed by atoms with Gasteiger partial charge in [0.25, 0.3) is 0 Å². The number of hydrogen-bond acceptors (Lipinski definition) is 1. The summed E-state index contributed by atoms with van der Waals surface area (Å²) in [6, 6.07) is 4.16. The quantitative estimate of drug-likeness (QED) is 0.814. The largest absolute Gasteiger partial charge is 0.481 e. The van der Waals surface area contributed by atoms with Gasteiger partial charge in [0.2, 0.25) is 0 Å². The lowest BCUT2D eigenvalue weighted by Crippen LogP contribution is -2.02. The first kappa shape index (κ1) is 13.0. The Kier molecular flexibility index (Phi) is 4.36. The summed E-state index contributed by atoms with van der Waals surface area (Å²) in [5.41, 5.74) is 4.57. The molecule has 0 fully saturated rings. The Morgan fingerprint density at radius 2 is 1.81 bits per heavy atom. The molecule has 1 atom stereocenters. The maximum atomic E-state index is 10.5. The zero-order chi connectivity index (χ0) is 12.3. The molecule has 2 nitrogen and oxygen atoms in total. The monoisotopic (exact) mass is 240 g/mol. The number of alkyl halides is 1. The molecule has 16 heavy (non-hydrogen) atoms. The van der Waals surface area contributed by atoms with E-state index in [9.17, 15) is 4.79 Å². The first-order valence-electron chi connectivity index (χ1n) is 5.35. The van der Waals surface area contributed by atoms with Crippen molar-refractivity contribution < 1.29 is 9.90 Å². The molecule has 0 aliphatic carbocycles. The van der Waals surface area contributed by atoms with Gasteiger partial charge in [0, 0.05) is 6.42 Å². The van der Waals surface area contributed by atoms with Gasteiger partial charge in [0.05, 0.1) is 5.38 Å². The third kappa shape index (κ3) is 3.24. The summed E-state index contributed by atoms with van der Waals surface area (Å²) < 4.78 is 0. The Bertz CT molecular complexity index is 376. The molecule has 1 aromatic carbocycles. The molecule has 0 saturated heterocycles. The molecule has 1 N–H and O–H groups in total. The zero-order valence-electron chi connectivity index (χ0n) is 9.88. The van der Waals surface area contributed by atoms with Crippen LogP contribution in [0.4, 0.5) is 0 Å². The van der Waals surface area contributed by atoms with Crippen LogP contribution in [0.15, 0.2) is 12.1 Å². The number of carboxylic acids is 1. The Labute approximate surface area is 101 Å². The molecule has 0 amide bonds. The minimum Gasteiger partial charge on any atom is -0.481 e. The van der Waals surface area contributed by atoms with Crippen molar-refractivity contribution in [2.45, 2.75) is 39.0 Å². The Balaban J connectivity index is 2.90. The molecule has 0 spiro atoms. The van der Waals surface area contributed by atoms with Gasteiger partial charge >= 0.3 is 5.97 Å². The molecular formula is C13H17ClO2. The summed E-state index contributed by atoms with van der Waals surface area (Å²) in [7, 11) is 0. The Morgan fingerprint density at radius 1 is 1.31 bits per heavy atom. The number of carboxylic acid groups (broad SMARTS) is 1. The number of aliphatic carboxylic acids is 1. The van der Waals surface area contributed by atoms with E-state index in [1.165, 1.54) is 5.56 Å². The lowest BCUT2D eigenvalue weighted by atomic mass is 9.95. The van der Waals surface area contributed by atoms with Crippen LogP contribution in [0.3, 0.4) is 0 Å². The maximum absolute atomic E-state index is 10.5. The standard InChI is InChI=1S/C13H17ClO2/c1-8-6-9(2)13(10(3)7-8)11(14)4-5-12(15)16/h6-7,11H,4-5H2,1-3H3,(H,15,16). The molecular weight excluding hydrogens is 224 g/mol. The highest BCUT2D eigenvalue weighted by Gasteiger charge is 2.15. The number of benzene rings is 1. The van der Waals surface area contributed by atoms with E-state index in [1.807, 2.05) is 20.8 Å². The first-order valence-corrected chi connectivity index (χ1v) is 5.79. The summed E-state index contributed by atoms with van der Waals surface area (Å²) in [5, 5.41) is 8.42. The fourth-order valence-electron chi connectivity index (χ4n) is 2.08. The minimum absolute atomic E-state index is 0.112. The lowest BCUT2D eigenvalue weighted by Gasteiger charge is -2.16. The maximum Gasteiger partial charge on any atom is 0.303 e. The Hall–Kier alpha value is -1.02. The summed E-state index contributed by atoms with van der Waals surface area (Å²) in [5.74, 6) is -0.798. The van der Waals surface area contributed by atoms with E-state index in [4.69, 9.17) is 16.7 Å². The predicted molar refractivity (Wildman–Crippen MR) is 66.1 cm³/mol. The van der Waals surface area contributed by atoms with Crippen LogP contribution >= 0.6 is 11.6 Å². The molecule has 0 bridgehead atoms. The van der Waals surface area contributed by atoms with Gasteiger partial charge in [0.1, 0.15) is 0 Å². The summed E-state index contributed by atoms with van der Waals surface area (Å²) in [6.07, 6.45) is 0.586. The van der Waals surface area contributed by atoms with Crippen molar-refractivity contribution in [2.24, 2.45) is 0 Å². The molecule has 0 aliphatic heterocycles. The smallest absolute Gasteiger partial charge is 0.303 e. The minimum atomic E-state index is -0.798. The van der Waals surface area contributed by atoms with Crippen molar-refractivity contribution in [1.29, 1.82) is 0 Å². The van der Waals surface area contributed by atoms with Crippen LogP contribution in [-0.2, 0) is 4.79 Å². The van der Waals surface area contributed by atoms with Crippen LogP contribution in [0.2, 0.25) is 0 Å². The number of halogens is 1. The molecule has 1 unspecified atom stereocenters. The van der Waals surface area contributed by atoms with E-state index >= 15 is 0 Å². The molecule has 0 saturated carbocycles. The SMILES string of the molecule is Cc1cc(C)c(C(Cl)CCC(=O)O)c(C)c1. The average Bonchev–Trinajstić information content (AvgIpc) is 2.12. The second kappa shape index (κ2) is 5.35. The molecule has 0 heterocycles. The fraction of sp³-hybridized carbons (Fsp3) is 0.462. The molecule has 88 valence electrons. The third-order valence-electron chi connectivity index (χ3n) is 2.66. The molecule has 1 rings (SSSR count). The summed E-state index contributed by atoms with van der Waals surface area (Å²) in [4.78, 5) is 10.5. The Morgan fingerprint density at radius 3 is 2.25 bits per heavy atom. The average molecular weight is 241 g/mol. The van der Waals surface area contributed by atoms with Crippen LogP contribution in [0.1, 0.15) is 40.5 Å². The highest BCUT2D eigenvalue weighted by Crippen LogP contribution is 2.31. The van der Waals surface area contributed by atoms with Crippen molar-refractivity contribution in [3.05, 3.63) is 34.4 Å². The van der Waals surface area contributed by atoms with Gasteiger partial charge in [-0.3, -0.25) is 4.79 Å². The third-order valence-corrected chi connectivity index (χ3v) is 3.10. The first-order chi connectivity index (χ1) is 7.41. The second-order valence-electron chi connectivity index (χ2n) is 4.21. The van der Waals surface area contributed by atoms with E-state index in [2.05, 4.69) is 12.1 Å². The predicted octanol–water partition coefficient (Wildman–Crippen LogP) is 3.76. The molecule has 3 heteroatoms. The van der Waals surface area contributed by atoms with E-state index in [0.29, 0.717) is 6.42 Å². The number of rotatable bonds is 4. The van der Waals surface area contributed by atoms with Crippen molar-refractivity contribution in [1.82, 2.24) is 0 Å². The highest BCUT2D eigenvalue weighted by molar-refractivity contribution is 6.21. The van der Waals surface area contributed by atoms with Gasteiger partial charge in [-0.1, -0.05) is 17.7 Å². The van der Waals surface area contributed by atoms with Gasteiger partial charge < -0.3 is 5.11 Å². The zero-order valence-corrected chi connectivity index (χ0v) is 10.6. The van der Waals surface area contributed by atoms with Crippen molar-refractivity contribution in [3.63, 3.8) is 0 Å². The van der Waals surface area contributed by atoms with Crippen LogP contribution in [-0.4, -0.2) is 11.1 Å². The lowest BCUT2D eigenvalue weighted by molar-refractivity contribution is -0.137. The van der Waals surface area contributed by atoms with Crippen LogP contribution in [0.5, 0.6) is 0 Å². The van der Waals surface area contributed by atoms with Gasteiger partial charge in [-0.2, -0.15) is 0 Å². The van der Waals surface area contributed by atoms with Crippen molar-refractivity contribution >= 4 is 17.6 Å². The van der Waals surface area contributed by atoms with Crippen molar-refractivity contribution in [2.75, 3.05) is 0 Å². The summed E-state index contributed by atoms with van der Waals surface area (Å²) >= 11 is 6.25. The highest BCUT2D eigenvalue weighted by atomic mass is 35.5. The van der Waals surface area contributed by atoms with Gasteiger partial charge in [-0.05, 0) is 43.9 Å². The topological polar surface area (TPSA) is 37.3 Å². The molecule has 0 radical (unpaired) electrons. The van der Waals surface area contributed by atoms with E-state index in [-0.39, 0.29) is 11.8 Å². The van der Waals surface area contributed by atoms with Gasteiger partial charge in [-0.15, -0.1) is 11.6 Å². The molecule has 1 aromatic rings. The van der Waals surface area contributed by atoms with Crippen molar-refractivity contribution in [3.8, 4) is 0 Å². The molecule has 0 aliphatic rings. The normalized spacial score (nSPS) is 12.5. The van der Waals surface area contributed by atoms with E-state index in [1.54, 1.807) is 0 Å². The molecule has 0 aromatic heterocycles. The van der Waals surface area contributed by atoms with E-state index < -0.39 is 5.97 Å². The second-order valence-corrected chi connectivity index (χ2v) is 4.74. The van der Waals surface area contributed by atoms with Crippen LogP contribution in [0.25, 0.3) is 0 Å². The van der Waals surface area contributed by atoms with Crippen LogP contribution < -0.4 is 0 Å².